The van der Waals surface area contributed by atoms with Crippen LogP contribution in [0.25, 0.3) is 0 Å². The Morgan fingerprint density at radius 3 is 2.79 bits per heavy atom. The SMILES string of the molecule is O=C(CN1CSCC1=O)Nc1n[nH]c(C(F)(F)F)n1. The summed E-state index contributed by atoms with van der Waals surface area (Å²) in [5, 5.41) is 6.97. The van der Waals surface area contributed by atoms with Gasteiger partial charge in [-0.05, 0) is 0 Å². The number of rotatable bonds is 3. The van der Waals surface area contributed by atoms with Crippen LogP contribution in [0.2, 0.25) is 0 Å². The van der Waals surface area contributed by atoms with Crippen LogP contribution in [0.1, 0.15) is 5.82 Å². The van der Waals surface area contributed by atoms with E-state index in [0.717, 1.165) is 0 Å². The Morgan fingerprint density at radius 2 is 2.26 bits per heavy atom. The Labute approximate surface area is 108 Å². The van der Waals surface area contributed by atoms with Gasteiger partial charge >= 0.3 is 6.18 Å². The van der Waals surface area contributed by atoms with E-state index in [2.05, 4.69) is 15.4 Å². The number of carbonyl (C=O) groups excluding carboxylic acids is 2. The summed E-state index contributed by atoms with van der Waals surface area (Å²) >= 11 is 1.36. The highest BCUT2D eigenvalue weighted by molar-refractivity contribution is 8.00. The molecule has 0 radical (unpaired) electrons. The standard InChI is InChI=1S/C8H8F3N5O2S/c9-8(10,11)6-13-7(15-14-6)12-4(17)1-16-3-19-2-5(16)18/h1-3H2,(H2,12,13,14,15,17). The van der Waals surface area contributed by atoms with E-state index in [9.17, 15) is 22.8 Å². The van der Waals surface area contributed by atoms with Gasteiger partial charge in [0.05, 0.1) is 11.6 Å². The minimum Gasteiger partial charge on any atom is -0.323 e. The number of alkyl halides is 3. The number of H-pyrrole nitrogens is 1. The van der Waals surface area contributed by atoms with Gasteiger partial charge in [-0.2, -0.15) is 18.2 Å². The Morgan fingerprint density at radius 1 is 1.53 bits per heavy atom. The van der Waals surface area contributed by atoms with Crippen molar-refractivity contribution < 1.29 is 22.8 Å². The molecule has 0 aromatic carbocycles. The Kier molecular flexibility index (Phi) is 3.64. The fourth-order valence-electron chi connectivity index (χ4n) is 1.32. The molecule has 0 saturated carbocycles. The van der Waals surface area contributed by atoms with Crippen LogP contribution in [0, 0.1) is 0 Å². The molecule has 1 aliphatic heterocycles. The van der Waals surface area contributed by atoms with E-state index in [-0.39, 0.29) is 12.5 Å². The predicted octanol–water partition coefficient (Wildman–Crippen LogP) is 0.295. The maximum Gasteiger partial charge on any atom is 0.451 e. The zero-order chi connectivity index (χ0) is 14.0. The molecule has 2 N–H and O–H groups in total. The molecule has 0 aliphatic carbocycles. The molecule has 0 bridgehead atoms. The van der Waals surface area contributed by atoms with Crippen molar-refractivity contribution >= 4 is 29.5 Å². The first-order valence-corrected chi connectivity index (χ1v) is 6.16. The van der Waals surface area contributed by atoms with Gasteiger partial charge in [0.1, 0.15) is 6.54 Å². The number of anilines is 1. The quantitative estimate of drug-likeness (QED) is 0.836. The molecular weight excluding hydrogens is 287 g/mol. The minimum atomic E-state index is -4.66. The molecule has 104 valence electrons. The number of aromatic amines is 1. The van der Waals surface area contributed by atoms with E-state index in [0.29, 0.717) is 11.6 Å². The summed E-state index contributed by atoms with van der Waals surface area (Å²) in [5.41, 5.74) is 0. The monoisotopic (exact) mass is 295 g/mol. The number of carbonyl (C=O) groups is 2. The molecule has 2 amide bonds. The Bertz CT molecular complexity index is 503. The van der Waals surface area contributed by atoms with Gasteiger partial charge in [-0.3, -0.25) is 20.0 Å². The summed E-state index contributed by atoms with van der Waals surface area (Å²) in [6.07, 6.45) is -4.66. The lowest BCUT2D eigenvalue weighted by molar-refractivity contribution is -0.144. The van der Waals surface area contributed by atoms with Gasteiger partial charge in [0.2, 0.25) is 23.6 Å². The van der Waals surface area contributed by atoms with Crippen LogP contribution in [-0.2, 0) is 15.8 Å². The number of nitrogens with one attached hydrogen (secondary N) is 2. The molecule has 19 heavy (non-hydrogen) atoms. The molecule has 2 heterocycles. The normalized spacial score (nSPS) is 15.9. The maximum atomic E-state index is 12.2. The molecule has 1 fully saturated rings. The van der Waals surface area contributed by atoms with Gasteiger partial charge in [-0.15, -0.1) is 16.9 Å². The van der Waals surface area contributed by atoms with Crippen molar-refractivity contribution in [2.45, 2.75) is 6.18 Å². The first-order chi connectivity index (χ1) is 8.86. The minimum absolute atomic E-state index is 0.189. The fourth-order valence-corrected chi connectivity index (χ4v) is 2.23. The maximum absolute atomic E-state index is 12.2. The summed E-state index contributed by atoms with van der Waals surface area (Å²) in [6.45, 7) is -0.234. The molecular formula is C8H8F3N5O2S. The van der Waals surface area contributed by atoms with Crippen LogP contribution in [-0.4, -0.2) is 50.1 Å². The van der Waals surface area contributed by atoms with Crippen LogP contribution in [0.4, 0.5) is 19.1 Å². The molecule has 1 saturated heterocycles. The first-order valence-electron chi connectivity index (χ1n) is 5.01. The van der Waals surface area contributed by atoms with E-state index < -0.39 is 23.9 Å². The lowest BCUT2D eigenvalue weighted by atomic mass is 10.5. The van der Waals surface area contributed by atoms with Crippen LogP contribution in [0.3, 0.4) is 0 Å². The van der Waals surface area contributed by atoms with Crippen LogP contribution in [0.5, 0.6) is 0 Å². The number of hydrogen-bond acceptors (Lipinski definition) is 5. The van der Waals surface area contributed by atoms with Crippen molar-refractivity contribution in [3.63, 3.8) is 0 Å². The number of amides is 2. The van der Waals surface area contributed by atoms with Crippen molar-refractivity contribution in [2.24, 2.45) is 0 Å². The zero-order valence-corrected chi connectivity index (χ0v) is 10.1. The molecule has 1 aromatic heterocycles. The third-order valence-electron chi connectivity index (χ3n) is 2.16. The summed E-state index contributed by atoms with van der Waals surface area (Å²) in [6, 6.07) is 0. The van der Waals surface area contributed by atoms with E-state index in [1.165, 1.54) is 16.7 Å². The highest BCUT2D eigenvalue weighted by Gasteiger charge is 2.35. The fraction of sp³-hybridized carbons (Fsp3) is 0.500. The molecule has 2 rings (SSSR count). The van der Waals surface area contributed by atoms with Crippen LogP contribution >= 0.6 is 11.8 Å². The number of aromatic nitrogens is 3. The summed E-state index contributed by atoms with van der Waals surface area (Å²) in [5.74, 6) is -1.93. The second kappa shape index (κ2) is 5.07. The molecule has 0 spiro atoms. The van der Waals surface area contributed by atoms with Gasteiger partial charge in [0.25, 0.3) is 0 Å². The molecule has 1 aromatic rings. The third kappa shape index (κ3) is 3.36. The Balaban J connectivity index is 1.92. The van der Waals surface area contributed by atoms with Gasteiger partial charge in [0, 0.05) is 0 Å². The predicted molar refractivity (Wildman–Crippen MR) is 59.1 cm³/mol. The van der Waals surface area contributed by atoms with Crippen molar-refractivity contribution in [1.29, 1.82) is 0 Å². The van der Waals surface area contributed by atoms with Crippen molar-refractivity contribution in [2.75, 3.05) is 23.5 Å². The van der Waals surface area contributed by atoms with Gasteiger partial charge in [-0.25, -0.2) is 0 Å². The van der Waals surface area contributed by atoms with Crippen LogP contribution < -0.4 is 5.32 Å². The van der Waals surface area contributed by atoms with Gasteiger partial charge < -0.3 is 4.90 Å². The smallest absolute Gasteiger partial charge is 0.323 e. The lowest BCUT2D eigenvalue weighted by Gasteiger charge is -2.12. The zero-order valence-electron chi connectivity index (χ0n) is 9.32. The van der Waals surface area contributed by atoms with Crippen molar-refractivity contribution in [1.82, 2.24) is 20.1 Å². The number of thioether (sulfide) groups is 1. The largest absolute Gasteiger partial charge is 0.451 e. The summed E-state index contributed by atoms with van der Waals surface area (Å²) < 4.78 is 36.6. The second-order valence-corrected chi connectivity index (χ2v) is 4.58. The highest BCUT2D eigenvalue weighted by Crippen LogP contribution is 2.26. The highest BCUT2D eigenvalue weighted by atomic mass is 32.2. The summed E-state index contributed by atoms with van der Waals surface area (Å²) in [4.78, 5) is 27.1. The lowest BCUT2D eigenvalue weighted by Crippen LogP contribution is -2.34. The van der Waals surface area contributed by atoms with Gasteiger partial charge in [-0.1, -0.05) is 0 Å². The van der Waals surface area contributed by atoms with Crippen molar-refractivity contribution in [3.8, 4) is 0 Å². The average Bonchev–Trinajstić information content (AvgIpc) is 2.88. The molecule has 0 atom stereocenters. The first kappa shape index (κ1) is 13.6. The second-order valence-electron chi connectivity index (χ2n) is 3.62. The number of nitrogens with zero attached hydrogens (tertiary/aromatic N) is 3. The number of halogens is 3. The van der Waals surface area contributed by atoms with E-state index in [4.69, 9.17) is 0 Å². The third-order valence-corrected chi connectivity index (χ3v) is 3.11. The number of hydrogen-bond donors (Lipinski definition) is 2. The summed E-state index contributed by atoms with van der Waals surface area (Å²) in [7, 11) is 0. The van der Waals surface area contributed by atoms with Gasteiger partial charge in [0.15, 0.2) is 0 Å². The van der Waals surface area contributed by atoms with Crippen LogP contribution in [0.15, 0.2) is 0 Å². The van der Waals surface area contributed by atoms with E-state index >= 15 is 0 Å². The molecule has 0 unspecified atom stereocenters. The Hall–Kier alpha value is -1.78. The van der Waals surface area contributed by atoms with E-state index in [1.807, 2.05) is 0 Å². The van der Waals surface area contributed by atoms with Crippen molar-refractivity contribution in [3.05, 3.63) is 5.82 Å². The topological polar surface area (TPSA) is 91.0 Å². The average molecular weight is 295 g/mol. The molecule has 1 aliphatic rings. The van der Waals surface area contributed by atoms with E-state index in [1.54, 1.807) is 5.10 Å². The molecule has 7 nitrogen and oxygen atoms in total. The molecule has 11 heteroatoms.